The number of aromatic nitrogens is 4. The first-order valence-corrected chi connectivity index (χ1v) is 14.4. The van der Waals surface area contributed by atoms with Gasteiger partial charge in [0.2, 0.25) is 5.91 Å². The first-order valence-electron chi connectivity index (χ1n) is 12.2. The fourth-order valence-electron chi connectivity index (χ4n) is 4.41. The molecule has 1 N–H and O–H groups in total. The van der Waals surface area contributed by atoms with E-state index in [-0.39, 0.29) is 39.9 Å². The van der Waals surface area contributed by atoms with E-state index in [1.54, 1.807) is 4.90 Å². The van der Waals surface area contributed by atoms with Crippen LogP contribution in [0.25, 0.3) is 21.8 Å². The molecule has 1 saturated heterocycles. The van der Waals surface area contributed by atoms with Gasteiger partial charge in [-0.25, -0.2) is 26.9 Å². The molecule has 4 aromatic rings. The summed E-state index contributed by atoms with van der Waals surface area (Å²) in [6.07, 6.45) is -1.60. The first-order chi connectivity index (χ1) is 19.0. The number of carbonyl (C=O) groups excluding carboxylic acids is 1. The number of aromatic amines is 1. The number of hydrogen-bond acceptors (Lipinski definition) is 8. The number of morpholine rings is 1. The zero-order valence-electron chi connectivity index (χ0n) is 21.2. The number of halogens is 3. The summed E-state index contributed by atoms with van der Waals surface area (Å²) in [5.74, 6) is 0.132. The number of sulfone groups is 1. The summed E-state index contributed by atoms with van der Waals surface area (Å²) in [5, 5.41) is 5.03. The van der Waals surface area contributed by atoms with E-state index in [1.807, 2.05) is 0 Å². The van der Waals surface area contributed by atoms with Gasteiger partial charge in [0.05, 0.1) is 51.7 Å². The van der Waals surface area contributed by atoms with E-state index in [1.165, 1.54) is 30.3 Å². The molecule has 1 fully saturated rings. The molecule has 1 amide bonds. The van der Waals surface area contributed by atoms with Crippen molar-refractivity contribution in [3.63, 3.8) is 0 Å². The smallest absolute Gasteiger partial charge is 0.275 e. The molecule has 0 saturated carbocycles. The van der Waals surface area contributed by atoms with Gasteiger partial charge >= 0.3 is 0 Å². The van der Waals surface area contributed by atoms with Crippen LogP contribution in [0.5, 0.6) is 5.75 Å². The highest BCUT2D eigenvalue weighted by Crippen LogP contribution is 2.30. The van der Waals surface area contributed by atoms with Crippen LogP contribution in [0.15, 0.2) is 40.0 Å². The molecule has 11 nitrogen and oxygen atoms in total. The number of nitrogens with one attached hydrogen (secondary N) is 1. The lowest BCUT2D eigenvalue weighted by atomic mass is 10.1. The summed E-state index contributed by atoms with van der Waals surface area (Å²) in [7, 11) is -3.60. The molecule has 1 aliphatic heterocycles. The second-order valence-electron chi connectivity index (χ2n) is 9.24. The van der Waals surface area contributed by atoms with Gasteiger partial charge in [-0.3, -0.25) is 9.59 Å². The van der Waals surface area contributed by atoms with Gasteiger partial charge in [-0.1, -0.05) is 11.6 Å². The van der Waals surface area contributed by atoms with Gasteiger partial charge in [0.15, 0.2) is 9.84 Å². The van der Waals surface area contributed by atoms with Crippen LogP contribution in [-0.2, 0) is 32.3 Å². The molecule has 1 aliphatic rings. The largest absolute Gasteiger partial charge is 0.486 e. The van der Waals surface area contributed by atoms with Crippen LogP contribution in [-0.4, -0.2) is 84.6 Å². The Morgan fingerprint density at radius 3 is 2.65 bits per heavy atom. The number of imidazole rings is 1. The SMILES string of the molecule is CS(=O)(=O)c1ccc2c(=O)n(CC(=O)N3CCOCC3)nc(Cc3nc4cc(Cl)c(OCC(F)F)cc4[nH]3)c2c1. The molecule has 0 atom stereocenters. The molecule has 2 aromatic carbocycles. The van der Waals surface area contributed by atoms with E-state index in [0.717, 1.165) is 10.9 Å². The molecular formula is C25H24ClF2N5O6S. The summed E-state index contributed by atoms with van der Waals surface area (Å²) in [5.41, 5.74) is 0.647. The molecule has 0 bridgehead atoms. The molecule has 0 aliphatic carbocycles. The highest BCUT2D eigenvalue weighted by atomic mass is 35.5. The topological polar surface area (TPSA) is 136 Å². The van der Waals surface area contributed by atoms with Crippen molar-refractivity contribution in [1.82, 2.24) is 24.6 Å². The summed E-state index contributed by atoms with van der Waals surface area (Å²) < 4.78 is 61.1. The van der Waals surface area contributed by atoms with Gasteiger partial charge in [-0.05, 0) is 24.3 Å². The molecule has 15 heteroatoms. The number of alkyl halides is 2. The van der Waals surface area contributed by atoms with E-state index >= 15 is 0 Å². The molecule has 0 spiro atoms. The van der Waals surface area contributed by atoms with Crippen molar-refractivity contribution in [3.8, 4) is 5.75 Å². The Morgan fingerprint density at radius 1 is 1.20 bits per heavy atom. The number of rotatable bonds is 8. The Labute approximate surface area is 231 Å². The van der Waals surface area contributed by atoms with E-state index in [2.05, 4.69) is 15.1 Å². The molecule has 5 rings (SSSR count). The second-order valence-corrected chi connectivity index (χ2v) is 11.7. The lowest BCUT2D eigenvalue weighted by molar-refractivity contribution is -0.136. The Hall–Kier alpha value is -3.62. The third-order valence-electron chi connectivity index (χ3n) is 6.37. The third-order valence-corrected chi connectivity index (χ3v) is 7.78. The van der Waals surface area contributed by atoms with Crippen LogP contribution >= 0.6 is 11.6 Å². The lowest BCUT2D eigenvalue weighted by Crippen LogP contribution is -2.44. The van der Waals surface area contributed by atoms with E-state index in [4.69, 9.17) is 21.1 Å². The van der Waals surface area contributed by atoms with Crippen molar-refractivity contribution in [2.45, 2.75) is 24.3 Å². The fourth-order valence-corrected chi connectivity index (χ4v) is 5.27. The summed E-state index contributed by atoms with van der Waals surface area (Å²) in [4.78, 5) is 35.3. The second kappa shape index (κ2) is 11.1. The van der Waals surface area contributed by atoms with Gasteiger partial charge in [0, 0.05) is 30.8 Å². The maximum atomic E-state index is 13.3. The molecule has 0 unspecified atom stereocenters. The minimum atomic E-state index is -3.60. The molecule has 40 heavy (non-hydrogen) atoms. The number of benzene rings is 2. The highest BCUT2D eigenvalue weighted by Gasteiger charge is 2.21. The van der Waals surface area contributed by atoms with E-state index in [0.29, 0.717) is 54.2 Å². The quantitative estimate of drug-likeness (QED) is 0.328. The molecule has 212 valence electrons. The number of amides is 1. The number of hydrogen-bond donors (Lipinski definition) is 1. The van der Waals surface area contributed by atoms with Crippen LogP contribution in [0.4, 0.5) is 8.78 Å². The normalized spacial score (nSPS) is 14.4. The fraction of sp³-hybridized carbons (Fsp3) is 0.360. The van der Waals surface area contributed by atoms with Crippen molar-refractivity contribution in [2.75, 3.05) is 39.2 Å². The Bertz CT molecular complexity index is 1770. The van der Waals surface area contributed by atoms with Crippen molar-refractivity contribution >= 4 is 49.2 Å². The molecule has 2 aromatic heterocycles. The maximum absolute atomic E-state index is 13.3. The summed E-state index contributed by atoms with van der Waals surface area (Å²) in [6, 6.07) is 7.03. The monoisotopic (exact) mass is 595 g/mol. The van der Waals surface area contributed by atoms with Crippen LogP contribution in [0.1, 0.15) is 11.5 Å². The number of fused-ring (bicyclic) bond motifs is 2. The number of nitrogens with zero attached hydrogens (tertiary/aromatic N) is 4. The minimum absolute atomic E-state index is 0.00167. The molecular weight excluding hydrogens is 572 g/mol. The number of H-pyrrole nitrogens is 1. The highest BCUT2D eigenvalue weighted by molar-refractivity contribution is 7.90. The van der Waals surface area contributed by atoms with Gasteiger partial charge in [0.25, 0.3) is 12.0 Å². The number of carbonyl (C=O) groups is 1. The average Bonchev–Trinajstić information content (AvgIpc) is 3.30. The van der Waals surface area contributed by atoms with Crippen molar-refractivity contribution < 1.29 is 31.5 Å². The van der Waals surface area contributed by atoms with Crippen LogP contribution < -0.4 is 10.3 Å². The first kappa shape index (κ1) is 27.9. The zero-order valence-corrected chi connectivity index (χ0v) is 22.8. The predicted molar refractivity (Wildman–Crippen MR) is 142 cm³/mol. The Kier molecular flexibility index (Phi) is 7.75. The summed E-state index contributed by atoms with van der Waals surface area (Å²) >= 11 is 6.17. The standard InChI is InChI=1S/C25H24ClF2N5O6S/c1-40(36,37)14-2-3-15-16(8-14)18(31-33(25(15)35)12-24(34)32-4-6-38-7-5-32)11-23-29-19-9-17(26)21(10-20(19)30-23)39-13-22(27)28/h2-3,8-10,22H,4-7,11-13H2,1H3,(H,29,30). The average molecular weight is 596 g/mol. The Morgan fingerprint density at radius 2 is 1.95 bits per heavy atom. The Balaban J connectivity index is 1.56. The zero-order chi connectivity index (χ0) is 28.6. The molecule has 3 heterocycles. The minimum Gasteiger partial charge on any atom is -0.486 e. The maximum Gasteiger partial charge on any atom is 0.275 e. The van der Waals surface area contributed by atoms with E-state index < -0.39 is 28.4 Å². The van der Waals surface area contributed by atoms with Gasteiger partial charge in [-0.2, -0.15) is 5.10 Å². The van der Waals surface area contributed by atoms with Gasteiger partial charge in [-0.15, -0.1) is 0 Å². The lowest BCUT2D eigenvalue weighted by Gasteiger charge is -2.27. The van der Waals surface area contributed by atoms with Gasteiger partial charge in [0.1, 0.15) is 24.7 Å². The molecule has 0 radical (unpaired) electrons. The summed E-state index contributed by atoms with van der Waals surface area (Å²) in [6.45, 7) is 0.463. The van der Waals surface area contributed by atoms with E-state index in [9.17, 15) is 26.8 Å². The van der Waals surface area contributed by atoms with Crippen molar-refractivity contribution in [3.05, 3.63) is 57.2 Å². The van der Waals surface area contributed by atoms with Gasteiger partial charge < -0.3 is 19.4 Å². The van der Waals surface area contributed by atoms with Crippen LogP contribution in [0.3, 0.4) is 0 Å². The van der Waals surface area contributed by atoms with Crippen LogP contribution in [0, 0.1) is 0 Å². The predicted octanol–water partition coefficient (Wildman–Crippen LogP) is 2.42. The third kappa shape index (κ3) is 5.93. The van der Waals surface area contributed by atoms with Crippen LogP contribution in [0.2, 0.25) is 5.02 Å². The van der Waals surface area contributed by atoms with Crippen molar-refractivity contribution in [1.29, 1.82) is 0 Å². The number of ether oxygens (including phenoxy) is 2. The van der Waals surface area contributed by atoms with Crippen molar-refractivity contribution in [2.24, 2.45) is 0 Å².